The molecule has 11 heteroatoms. The number of nitrogens with one attached hydrogen (secondary N) is 2. The number of aliphatic hydroxyl groups excluding tert-OH is 3. The SMILES string of the molecule is CCCC(=O)NC[C@@H](O)[C@H](O)[C@@H]1O[C@@](OCc2ccccc2)(C(=O)O)C[C@H](O)[C@H]1NC(C)=O. The first-order chi connectivity index (χ1) is 15.6. The average molecular weight is 469 g/mol. The quantitative estimate of drug-likeness (QED) is 0.245. The van der Waals surface area contributed by atoms with E-state index in [4.69, 9.17) is 9.47 Å². The van der Waals surface area contributed by atoms with Crippen LogP contribution in [0, 0.1) is 0 Å². The van der Waals surface area contributed by atoms with Crippen LogP contribution < -0.4 is 10.6 Å². The van der Waals surface area contributed by atoms with E-state index in [2.05, 4.69) is 10.6 Å². The fourth-order valence-electron chi connectivity index (χ4n) is 3.60. The molecule has 0 radical (unpaired) electrons. The maximum Gasteiger partial charge on any atom is 0.364 e. The number of aliphatic carboxylic acids is 1. The van der Waals surface area contributed by atoms with Crippen molar-refractivity contribution in [3.63, 3.8) is 0 Å². The fourth-order valence-corrected chi connectivity index (χ4v) is 3.60. The number of rotatable bonds is 11. The van der Waals surface area contributed by atoms with Crippen molar-refractivity contribution in [3.8, 4) is 0 Å². The van der Waals surface area contributed by atoms with E-state index in [9.17, 15) is 34.8 Å². The molecule has 1 aliphatic rings. The van der Waals surface area contributed by atoms with E-state index in [0.717, 1.165) is 0 Å². The van der Waals surface area contributed by atoms with Crippen LogP contribution in [-0.4, -0.2) is 81.0 Å². The average Bonchev–Trinajstić information content (AvgIpc) is 2.77. The Morgan fingerprint density at radius 3 is 2.48 bits per heavy atom. The highest BCUT2D eigenvalue weighted by atomic mass is 16.7. The molecule has 0 unspecified atom stereocenters. The van der Waals surface area contributed by atoms with E-state index in [0.29, 0.717) is 12.0 Å². The van der Waals surface area contributed by atoms with Gasteiger partial charge in [-0.3, -0.25) is 9.59 Å². The number of hydrogen-bond acceptors (Lipinski definition) is 8. The zero-order valence-corrected chi connectivity index (χ0v) is 18.6. The van der Waals surface area contributed by atoms with Crippen LogP contribution in [-0.2, 0) is 30.5 Å². The van der Waals surface area contributed by atoms with Crippen molar-refractivity contribution in [2.24, 2.45) is 0 Å². The maximum atomic E-state index is 12.1. The number of aliphatic hydroxyl groups is 3. The Hall–Kier alpha value is -2.57. The van der Waals surface area contributed by atoms with E-state index in [1.807, 2.05) is 0 Å². The van der Waals surface area contributed by atoms with Crippen LogP contribution in [0.4, 0.5) is 0 Å². The minimum Gasteiger partial charge on any atom is -0.477 e. The van der Waals surface area contributed by atoms with Gasteiger partial charge in [-0.25, -0.2) is 4.79 Å². The highest BCUT2D eigenvalue weighted by Gasteiger charge is 2.55. The molecule has 184 valence electrons. The predicted molar refractivity (Wildman–Crippen MR) is 115 cm³/mol. The number of carbonyl (C=O) groups excluding carboxylic acids is 2. The van der Waals surface area contributed by atoms with E-state index < -0.39 is 54.5 Å². The van der Waals surface area contributed by atoms with Crippen LogP contribution in [0.25, 0.3) is 0 Å². The molecule has 1 saturated heterocycles. The lowest BCUT2D eigenvalue weighted by Gasteiger charge is -2.46. The first-order valence-corrected chi connectivity index (χ1v) is 10.8. The molecule has 33 heavy (non-hydrogen) atoms. The van der Waals surface area contributed by atoms with Crippen LogP contribution in [0.2, 0.25) is 0 Å². The van der Waals surface area contributed by atoms with Crippen molar-refractivity contribution in [2.45, 2.75) is 76.0 Å². The second kappa shape index (κ2) is 12.1. The minimum absolute atomic E-state index is 0.164. The Morgan fingerprint density at radius 2 is 1.91 bits per heavy atom. The molecule has 0 aliphatic carbocycles. The molecule has 6 N–H and O–H groups in total. The van der Waals surface area contributed by atoms with Gasteiger partial charge in [-0.1, -0.05) is 37.3 Å². The number of hydrogen-bond donors (Lipinski definition) is 6. The summed E-state index contributed by atoms with van der Waals surface area (Å²) in [6, 6.07) is 7.46. The summed E-state index contributed by atoms with van der Waals surface area (Å²) < 4.78 is 11.2. The molecule has 1 aliphatic heterocycles. The van der Waals surface area contributed by atoms with Gasteiger partial charge in [0, 0.05) is 26.3 Å². The molecule has 6 atom stereocenters. The number of carbonyl (C=O) groups is 3. The summed E-state index contributed by atoms with van der Waals surface area (Å²) in [5.41, 5.74) is 0.649. The number of carboxylic acids is 1. The zero-order chi connectivity index (χ0) is 24.6. The largest absolute Gasteiger partial charge is 0.477 e. The molecule has 11 nitrogen and oxygen atoms in total. The Morgan fingerprint density at radius 1 is 1.24 bits per heavy atom. The summed E-state index contributed by atoms with van der Waals surface area (Å²) in [4.78, 5) is 35.5. The van der Waals surface area contributed by atoms with E-state index in [-0.39, 0.29) is 25.5 Å². The molecular weight excluding hydrogens is 436 g/mol. The Labute approximate surface area is 191 Å². The van der Waals surface area contributed by atoms with Crippen molar-refractivity contribution in [1.29, 1.82) is 0 Å². The lowest BCUT2D eigenvalue weighted by molar-refractivity contribution is -0.314. The standard InChI is InChI=1S/C22H32N2O9/c1-3-7-17(28)23-11-16(27)19(29)20-18(24-13(2)25)15(26)10-22(33-20,21(30)31)32-12-14-8-5-4-6-9-14/h4-6,8-9,15-16,18-20,26-27,29H,3,7,10-12H2,1-2H3,(H,23,28)(H,24,25)(H,30,31)/t15-,16+,18+,19-,20+,22+/m0/s1. The Kier molecular flexibility index (Phi) is 9.74. The minimum atomic E-state index is -2.35. The third kappa shape index (κ3) is 7.21. The number of amides is 2. The second-order valence-corrected chi connectivity index (χ2v) is 8.02. The maximum absolute atomic E-state index is 12.1. The number of ether oxygens (including phenoxy) is 2. The molecule has 0 spiro atoms. The van der Waals surface area contributed by atoms with Crippen LogP contribution in [0.5, 0.6) is 0 Å². The summed E-state index contributed by atoms with van der Waals surface area (Å²) in [5, 5.41) is 46.6. The molecule has 1 fully saturated rings. The smallest absolute Gasteiger partial charge is 0.364 e. The van der Waals surface area contributed by atoms with Gasteiger partial charge in [0.05, 0.1) is 24.9 Å². The van der Waals surface area contributed by atoms with Gasteiger partial charge in [0.25, 0.3) is 5.79 Å². The highest BCUT2D eigenvalue weighted by Crippen LogP contribution is 2.34. The molecule has 2 amide bonds. The lowest BCUT2D eigenvalue weighted by Crippen LogP contribution is -2.68. The van der Waals surface area contributed by atoms with Crippen molar-refractivity contribution < 1.29 is 44.3 Å². The first kappa shape index (κ1) is 26.7. The third-order valence-electron chi connectivity index (χ3n) is 5.30. The number of benzene rings is 1. The summed E-state index contributed by atoms with van der Waals surface area (Å²) >= 11 is 0. The fraction of sp³-hybridized carbons (Fsp3) is 0.591. The second-order valence-electron chi connectivity index (χ2n) is 8.02. The van der Waals surface area contributed by atoms with Crippen LogP contribution in [0.15, 0.2) is 30.3 Å². The van der Waals surface area contributed by atoms with Gasteiger partial charge >= 0.3 is 5.97 Å². The van der Waals surface area contributed by atoms with Gasteiger partial charge in [-0.05, 0) is 12.0 Å². The predicted octanol–water partition coefficient (Wildman–Crippen LogP) is -0.723. The normalized spacial score (nSPS) is 26.8. The van der Waals surface area contributed by atoms with Crippen LogP contribution in [0.3, 0.4) is 0 Å². The zero-order valence-electron chi connectivity index (χ0n) is 18.6. The molecule has 2 rings (SSSR count). The monoisotopic (exact) mass is 468 g/mol. The molecule has 0 bridgehead atoms. The third-order valence-corrected chi connectivity index (χ3v) is 5.30. The summed E-state index contributed by atoms with van der Waals surface area (Å²) in [6.07, 6.45) is -6.08. The van der Waals surface area contributed by atoms with E-state index >= 15 is 0 Å². The van der Waals surface area contributed by atoms with Crippen molar-refractivity contribution in [2.75, 3.05) is 6.54 Å². The summed E-state index contributed by atoms with van der Waals surface area (Å²) in [6.45, 7) is 2.49. The summed E-state index contributed by atoms with van der Waals surface area (Å²) in [7, 11) is 0. The van der Waals surface area contributed by atoms with Gasteiger partial charge in [0.1, 0.15) is 12.2 Å². The topological polar surface area (TPSA) is 175 Å². The Bertz CT molecular complexity index is 806. The Balaban J connectivity index is 2.25. The van der Waals surface area contributed by atoms with Crippen LogP contribution >= 0.6 is 0 Å². The summed E-state index contributed by atoms with van der Waals surface area (Å²) in [5.74, 6) is -4.78. The number of carboxylic acid groups (broad SMARTS) is 1. The van der Waals surface area contributed by atoms with Crippen molar-refractivity contribution >= 4 is 17.8 Å². The van der Waals surface area contributed by atoms with Gasteiger partial charge in [-0.15, -0.1) is 0 Å². The molecule has 1 aromatic carbocycles. The van der Waals surface area contributed by atoms with E-state index in [1.165, 1.54) is 6.92 Å². The van der Waals surface area contributed by atoms with Gasteiger partial charge in [-0.2, -0.15) is 0 Å². The van der Waals surface area contributed by atoms with Gasteiger partial charge in [0.15, 0.2) is 0 Å². The molecule has 0 aromatic heterocycles. The van der Waals surface area contributed by atoms with Crippen LogP contribution in [0.1, 0.15) is 38.7 Å². The van der Waals surface area contributed by atoms with Gasteiger partial charge in [0.2, 0.25) is 11.8 Å². The molecule has 0 saturated carbocycles. The molecular formula is C22H32N2O9. The van der Waals surface area contributed by atoms with E-state index in [1.54, 1.807) is 37.3 Å². The molecule has 1 aromatic rings. The van der Waals surface area contributed by atoms with Gasteiger partial charge < -0.3 is 40.5 Å². The van der Waals surface area contributed by atoms with Crippen molar-refractivity contribution in [1.82, 2.24) is 10.6 Å². The molecule has 1 heterocycles. The first-order valence-electron chi connectivity index (χ1n) is 10.8. The lowest BCUT2D eigenvalue weighted by atomic mass is 9.88. The highest BCUT2D eigenvalue weighted by molar-refractivity contribution is 5.77. The van der Waals surface area contributed by atoms with Crippen molar-refractivity contribution in [3.05, 3.63) is 35.9 Å².